The highest BCUT2D eigenvalue weighted by Crippen LogP contribution is 2.37. The lowest BCUT2D eigenvalue weighted by Gasteiger charge is -2.34. The first-order valence-corrected chi connectivity index (χ1v) is 9.10. The van der Waals surface area contributed by atoms with E-state index in [1.165, 1.54) is 6.42 Å². The maximum absolute atomic E-state index is 13.2. The number of aryl methyl sites for hydroxylation is 1. The molecule has 1 saturated heterocycles. The number of hydrogen-bond acceptors (Lipinski definition) is 4. The summed E-state index contributed by atoms with van der Waals surface area (Å²) in [5, 5.41) is 0.902. The minimum atomic E-state index is 0.0909. The van der Waals surface area contributed by atoms with Gasteiger partial charge in [-0.3, -0.25) is 4.79 Å². The van der Waals surface area contributed by atoms with Crippen molar-refractivity contribution in [2.24, 2.45) is 13.0 Å². The summed E-state index contributed by atoms with van der Waals surface area (Å²) in [7, 11) is 9.36. The third-order valence-corrected chi connectivity index (χ3v) is 5.21. The number of likely N-dealkylation sites (tertiary alicyclic amines) is 1. The highest BCUT2D eigenvalue weighted by atomic mass is 16.5. The Morgan fingerprint density at radius 3 is 2.69 bits per heavy atom. The van der Waals surface area contributed by atoms with Crippen LogP contribution in [0.1, 0.15) is 23.3 Å². The van der Waals surface area contributed by atoms with Gasteiger partial charge in [-0.2, -0.15) is 0 Å². The van der Waals surface area contributed by atoms with Crippen LogP contribution in [0.25, 0.3) is 10.9 Å². The maximum atomic E-state index is 13.2. The quantitative estimate of drug-likeness (QED) is 0.823. The predicted octanol–water partition coefficient (Wildman–Crippen LogP) is 2.61. The van der Waals surface area contributed by atoms with Crippen molar-refractivity contribution in [2.45, 2.75) is 12.8 Å². The molecule has 0 N–H and O–H groups in total. The molecule has 0 bridgehead atoms. The fraction of sp³-hybridized carbons (Fsp3) is 0.550. The van der Waals surface area contributed by atoms with Gasteiger partial charge in [0.15, 0.2) is 11.5 Å². The number of amides is 1. The van der Waals surface area contributed by atoms with Gasteiger partial charge in [-0.15, -0.1) is 0 Å². The van der Waals surface area contributed by atoms with E-state index in [1.807, 2.05) is 34.7 Å². The summed E-state index contributed by atoms with van der Waals surface area (Å²) in [5.41, 5.74) is 1.66. The van der Waals surface area contributed by atoms with E-state index in [-0.39, 0.29) is 5.91 Å². The zero-order chi connectivity index (χ0) is 18.8. The number of benzene rings is 1. The molecule has 1 fully saturated rings. The minimum Gasteiger partial charge on any atom is -0.493 e. The molecule has 3 rings (SSSR count). The van der Waals surface area contributed by atoms with Crippen LogP contribution >= 0.6 is 0 Å². The van der Waals surface area contributed by atoms with Crippen LogP contribution in [0, 0.1) is 5.92 Å². The first kappa shape index (κ1) is 18.6. The first-order chi connectivity index (χ1) is 12.5. The molecule has 0 radical (unpaired) electrons. The molecule has 0 saturated carbocycles. The van der Waals surface area contributed by atoms with Crippen LogP contribution in [0.4, 0.5) is 0 Å². The van der Waals surface area contributed by atoms with Crippen LogP contribution in [-0.4, -0.2) is 68.2 Å². The van der Waals surface area contributed by atoms with E-state index in [0.29, 0.717) is 23.1 Å². The Hall–Kier alpha value is -2.21. The second-order valence-corrected chi connectivity index (χ2v) is 7.34. The largest absolute Gasteiger partial charge is 0.493 e. The summed E-state index contributed by atoms with van der Waals surface area (Å²) in [4.78, 5) is 17.4. The fourth-order valence-corrected chi connectivity index (χ4v) is 4.02. The van der Waals surface area contributed by atoms with E-state index in [1.54, 1.807) is 14.2 Å². The van der Waals surface area contributed by atoms with Gasteiger partial charge in [-0.05, 0) is 51.1 Å². The zero-order valence-electron chi connectivity index (χ0n) is 16.4. The highest BCUT2D eigenvalue weighted by Gasteiger charge is 2.27. The van der Waals surface area contributed by atoms with Crippen LogP contribution in [0.5, 0.6) is 11.5 Å². The van der Waals surface area contributed by atoms with Gasteiger partial charge in [-0.1, -0.05) is 0 Å². The number of fused-ring (bicyclic) bond motifs is 1. The monoisotopic (exact) mass is 359 g/mol. The molecule has 1 aromatic carbocycles. The second-order valence-electron chi connectivity index (χ2n) is 7.34. The van der Waals surface area contributed by atoms with E-state index >= 15 is 0 Å². The molecule has 1 aliphatic rings. The molecule has 0 aliphatic carbocycles. The third kappa shape index (κ3) is 3.38. The van der Waals surface area contributed by atoms with Crippen molar-refractivity contribution < 1.29 is 14.3 Å². The van der Waals surface area contributed by atoms with Crippen LogP contribution in [-0.2, 0) is 7.05 Å². The maximum Gasteiger partial charge on any atom is 0.270 e. The van der Waals surface area contributed by atoms with Crippen molar-refractivity contribution in [1.29, 1.82) is 0 Å². The smallest absolute Gasteiger partial charge is 0.270 e. The SMILES string of the molecule is COc1ccc2c(cc(C(=O)N3CCCC(CN(C)C)C3)n2C)c1OC. The second kappa shape index (κ2) is 7.58. The molecule has 26 heavy (non-hydrogen) atoms. The average Bonchev–Trinajstić information content (AvgIpc) is 2.96. The third-order valence-electron chi connectivity index (χ3n) is 5.21. The van der Waals surface area contributed by atoms with Crippen molar-refractivity contribution in [3.8, 4) is 11.5 Å². The number of carbonyl (C=O) groups is 1. The number of ether oxygens (including phenoxy) is 2. The van der Waals surface area contributed by atoms with Crippen molar-refractivity contribution in [3.05, 3.63) is 23.9 Å². The zero-order valence-corrected chi connectivity index (χ0v) is 16.4. The summed E-state index contributed by atoms with van der Waals surface area (Å²) >= 11 is 0. The molecule has 6 nitrogen and oxygen atoms in total. The Morgan fingerprint density at radius 2 is 2.04 bits per heavy atom. The van der Waals surface area contributed by atoms with Gasteiger partial charge in [0.25, 0.3) is 5.91 Å². The molecule has 1 aliphatic heterocycles. The molecule has 0 spiro atoms. The standard InChI is InChI=1S/C20H29N3O3/c1-21(2)12-14-7-6-10-23(13-14)20(24)17-11-15-16(22(17)3)8-9-18(25-4)19(15)26-5/h8-9,11,14H,6-7,10,12-13H2,1-5H3. The first-order valence-electron chi connectivity index (χ1n) is 9.10. The topological polar surface area (TPSA) is 46.9 Å². The number of hydrogen-bond donors (Lipinski definition) is 0. The molecule has 1 amide bonds. The van der Waals surface area contributed by atoms with E-state index in [9.17, 15) is 4.79 Å². The number of carbonyl (C=O) groups excluding carboxylic acids is 1. The van der Waals surface area contributed by atoms with Crippen molar-refractivity contribution in [1.82, 2.24) is 14.4 Å². The lowest BCUT2D eigenvalue weighted by Crippen LogP contribution is -2.43. The van der Waals surface area contributed by atoms with Gasteiger partial charge in [0.05, 0.1) is 19.7 Å². The van der Waals surface area contributed by atoms with Crippen molar-refractivity contribution >= 4 is 16.8 Å². The molecule has 1 atom stereocenters. The van der Waals surface area contributed by atoms with Gasteiger partial charge >= 0.3 is 0 Å². The Balaban J connectivity index is 1.92. The molecular weight excluding hydrogens is 330 g/mol. The molecule has 1 unspecified atom stereocenters. The Kier molecular flexibility index (Phi) is 5.41. The number of nitrogens with zero attached hydrogens (tertiary/aromatic N) is 3. The molecule has 6 heteroatoms. The van der Waals surface area contributed by atoms with Crippen molar-refractivity contribution in [2.75, 3.05) is 47.9 Å². The normalized spacial score (nSPS) is 17.8. The highest BCUT2D eigenvalue weighted by molar-refractivity contribution is 6.01. The van der Waals surface area contributed by atoms with Crippen LogP contribution < -0.4 is 9.47 Å². The van der Waals surface area contributed by atoms with Gasteiger partial charge < -0.3 is 23.8 Å². The van der Waals surface area contributed by atoms with Gasteiger partial charge in [0.1, 0.15) is 5.69 Å². The number of aromatic nitrogens is 1. The molecule has 2 aromatic rings. The van der Waals surface area contributed by atoms with Gasteiger partial charge in [-0.25, -0.2) is 0 Å². The summed E-state index contributed by atoms with van der Waals surface area (Å²) < 4.78 is 12.9. The Morgan fingerprint density at radius 1 is 1.27 bits per heavy atom. The summed E-state index contributed by atoms with van der Waals surface area (Å²) in [6.45, 7) is 2.66. The summed E-state index contributed by atoms with van der Waals surface area (Å²) in [6.07, 6.45) is 2.24. The summed E-state index contributed by atoms with van der Waals surface area (Å²) in [5.74, 6) is 1.97. The van der Waals surface area contributed by atoms with E-state index in [2.05, 4.69) is 19.0 Å². The average molecular weight is 359 g/mol. The number of methoxy groups -OCH3 is 2. The molecular formula is C20H29N3O3. The predicted molar refractivity (Wildman–Crippen MR) is 103 cm³/mol. The lowest BCUT2D eigenvalue weighted by molar-refractivity contribution is 0.0646. The molecule has 2 heterocycles. The van der Waals surface area contributed by atoms with Crippen LogP contribution in [0.2, 0.25) is 0 Å². The lowest BCUT2D eigenvalue weighted by atomic mass is 9.97. The summed E-state index contributed by atoms with van der Waals surface area (Å²) in [6, 6.07) is 5.77. The Labute approximate surface area is 155 Å². The van der Waals surface area contributed by atoms with Crippen molar-refractivity contribution in [3.63, 3.8) is 0 Å². The fourth-order valence-electron chi connectivity index (χ4n) is 4.02. The van der Waals surface area contributed by atoms with Crippen LogP contribution in [0.15, 0.2) is 18.2 Å². The van der Waals surface area contributed by atoms with Gasteiger partial charge in [0, 0.05) is 32.1 Å². The number of rotatable bonds is 5. The molecule has 1 aromatic heterocycles. The van der Waals surface area contributed by atoms with E-state index in [0.717, 1.165) is 37.0 Å². The minimum absolute atomic E-state index is 0.0909. The molecule has 142 valence electrons. The Bertz CT molecular complexity index is 797. The van der Waals surface area contributed by atoms with E-state index in [4.69, 9.17) is 9.47 Å². The van der Waals surface area contributed by atoms with Crippen LogP contribution in [0.3, 0.4) is 0 Å². The number of piperidine rings is 1. The van der Waals surface area contributed by atoms with E-state index < -0.39 is 0 Å². The van der Waals surface area contributed by atoms with Gasteiger partial charge in [0.2, 0.25) is 0 Å².